The van der Waals surface area contributed by atoms with Crippen molar-refractivity contribution in [3.05, 3.63) is 48.0 Å². The highest BCUT2D eigenvalue weighted by Crippen LogP contribution is 2.29. The molecule has 0 aromatic heterocycles. The van der Waals surface area contributed by atoms with Gasteiger partial charge in [-0.2, -0.15) is 0 Å². The Labute approximate surface area is 147 Å². The van der Waals surface area contributed by atoms with Crippen molar-refractivity contribution >= 4 is 22.6 Å². The summed E-state index contributed by atoms with van der Waals surface area (Å²) >= 11 is 0. The average molecular weight is 340 g/mol. The Kier molecular flexibility index (Phi) is 5.04. The summed E-state index contributed by atoms with van der Waals surface area (Å²) in [5, 5.41) is 17.7. The number of nitrogens with one attached hydrogen (secondary N) is 2. The summed E-state index contributed by atoms with van der Waals surface area (Å²) in [4.78, 5) is 24.4. The van der Waals surface area contributed by atoms with E-state index >= 15 is 0 Å². The quantitative estimate of drug-likeness (QED) is 0.755. The minimum atomic E-state index is -0.952. The highest BCUT2D eigenvalue weighted by molar-refractivity contribution is 5.90. The zero-order valence-corrected chi connectivity index (χ0v) is 14.5. The maximum absolute atomic E-state index is 12.5. The Morgan fingerprint density at radius 1 is 1.04 bits per heavy atom. The van der Waals surface area contributed by atoms with Gasteiger partial charge in [0.1, 0.15) is 6.04 Å². The van der Waals surface area contributed by atoms with Gasteiger partial charge >= 0.3 is 0 Å². The van der Waals surface area contributed by atoms with Crippen molar-refractivity contribution in [3.63, 3.8) is 0 Å². The molecule has 1 saturated carbocycles. The van der Waals surface area contributed by atoms with Crippen LogP contribution in [0.3, 0.4) is 0 Å². The van der Waals surface area contributed by atoms with E-state index in [4.69, 9.17) is 0 Å². The van der Waals surface area contributed by atoms with Crippen LogP contribution in [-0.4, -0.2) is 29.1 Å². The van der Waals surface area contributed by atoms with Crippen LogP contribution in [0.25, 0.3) is 10.8 Å². The van der Waals surface area contributed by atoms with E-state index in [1.807, 2.05) is 49.4 Å². The Bertz CT molecular complexity index is 783. The second-order valence-electron chi connectivity index (χ2n) is 6.84. The van der Waals surface area contributed by atoms with Crippen LogP contribution in [0, 0.1) is 5.92 Å². The van der Waals surface area contributed by atoms with Crippen LogP contribution < -0.4 is 10.6 Å². The molecule has 3 rings (SSSR count). The highest BCUT2D eigenvalue weighted by atomic mass is 16.3. The minimum absolute atomic E-state index is 0.00744. The summed E-state index contributed by atoms with van der Waals surface area (Å²) in [6.07, 6.45) is 0.757. The number of carbonyl (C=O) groups excluding carboxylic acids is 2. The van der Waals surface area contributed by atoms with Crippen molar-refractivity contribution < 1.29 is 14.7 Å². The number of aliphatic hydroxyl groups is 1. The van der Waals surface area contributed by atoms with Crippen LogP contribution in [-0.2, 0) is 9.59 Å². The fourth-order valence-corrected chi connectivity index (χ4v) is 2.89. The maximum Gasteiger partial charge on any atom is 0.245 e. The van der Waals surface area contributed by atoms with Crippen molar-refractivity contribution in [2.75, 3.05) is 0 Å². The number of fused-ring (bicyclic) bond motifs is 1. The van der Waals surface area contributed by atoms with Gasteiger partial charge in [0.05, 0.1) is 12.1 Å². The number of amides is 2. The van der Waals surface area contributed by atoms with E-state index in [2.05, 4.69) is 10.6 Å². The van der Waals surface area contributed by atoms with E-state index in [1.165, 1.54) is 6.92 Å². The van der Waals surface area contributed by atoms with Gasteiger partial charge in [-0.1, -0.05) is 36.4 Å². The Hall–Kier alpha value is -2.40. The maximum atomic E-state index is 12.5. The normalized spacial score (nSPS) is 17.6. The first kappa shape index (κ1) is 17.4. The molecule has 2 aromatic rings. The fraction of sp³-hybridized carbons (Fsp3) is 0.400. The molecule has 3 atom stereocenters. The van der Waals surface area contributed by atoms with E-state index in [-0.39, 0.29) is 23.8 Å². The lowest BCUT2D eigenvalue weighted by atomic mass is 10.0. The van der Waals surface area contributed by atoms with Gasteiger partial charge in [0, 0.05) is 5.92 Å². The molecule has 1 aliphatic carbocycles. The van der Waals surface area contributed by atoms with Crippen molar-refractivity contribution in [2.24, 2.45) is 5.92 Å². The van der Waals surface area contributed by atoms with Crippen LogP contribution in [0.1, 0.15) is 38.3 Å². The summed E-state index contributed by atoms with van der Waals surface area (Å²) < 4.78 is 0. The summed E-state index contributed by atoms with van der Waals surface area (Å²) in [5.41, 5.74) is 0.977. The molecule has 25 heavy (non-hydrogen) atoms. The zero-order valence-electron chi connectivity index (χ0n) is 14.5. The average Bonchev–Trinajstić information content (AvgIpc) is 3.43. The molecule has 5 nitrogen and oxygen atoms in total. The molecular weight excluding hydrogens is 316 g/mol. The fourth-order valence-electron chi connectivity index (χ4n) is 2.89. The number of benzene rings is 2. The molecule has 0 aliphatic heterocycles. The van der Waals surface area contributed by atoms with E-state index in [1.54, 1.807) is 0 Å². The molecule has 1 aliphatic rings. The van der Waals surface area contributed by atoms with E-state index in [0.717, 1.165) is 29.2 Å². The highest BCUT2D eigenvalue weighted by Gasteiger charge is 2.34. The van der Waals surface area contributed by atoms with Gasteiger partial charge < -0.3 is 15.7 Å². The Morgan fingerprint density at radius 2 is 1.72 bits per heavy atom. The van der Waals surface area contributed by atoms with Crippen molar-refractivity contribution in [3.8, 4) is 0 Å². The van der Waals surface area contributed by atoms with Crippen LogP contribution in [0.4, 0.5) is 0 Å². The first-order valence-electron chi connectivity index (χ1n) is 8.73. The van der Waals surface area contributed by atoms with E-state index in [9.17, 15) is 14.7 Å². The monoisotopic (exact) mass is 340 g/mol. The SMILES string of the molecule is CC(NC(=O)C(NC(=O)C1CC1)C(C)O)c1ccc2ccccc2c1. The molecule has 0 spiro atoms. The standard InChI is InChI=1S/C20H24N2O3/c1-12(16-10-7-14-5-3-4-6-17(14)11-16)21-20(25)18(13(2)23)22-19(24)15-8-9-15/h3-7,10-13,15,18,23H,8-9H2,1-2H3,(H,21,25)(H,22,24). The zero-order chi connectivity index (χ0) is 18.0. The number of carbonyl (C=O) groups is 2. The summed E-state index contributed by atoms with van der Waals surface area (Å²) in [6, 6.07) is 12.9. The van der Waals surface area contributed by atoms with Gasteiger partial charge in [-0.15, -0.1) is 0 Å². The van der Waals surface area contributed by atoms with E-state index < -0.39 is 12.1 Å². The molecule has 0 heterocycles. The number of hydrogen-bond donors (Lipinski definition) is 3. The summed E-state index contributed by atoms with van der Waals surface area (Å²) in [6.45, 7) is 3.40. The second kappa shape index (κ2) is 7.23. The first-order chi connectivity index (χ1) is 12.0. The molecule has 0 radical (unpaired) electrons. The van der Waals surface area contributed by atoms with Gasteiger partial charge in [-0.3, -0.25) is 9.59 Å². The predicted molar refractivity (Wildman–Crippen MR) is 96.8 cm³/mol. The minimum Gasteiger partial charge on any atom is -0.391 e. The molecule has 3 N–H and O–H groups in total. The third-order valence-electron chi connectivity index (χ3n) is 4.64. The molecular formula is C20H24N2O3. The number of aliphatic hydroxyl groups excluding tert-OH is 1. The van der Waals surface area contributed by atoms with Crippen LogP contribution in [0.15, 0.2) is 42.5 Å². The molecule has 2 aromatic carbocycles. The lowest BCUT2D eigenvalue weighted by Gasteiger charge is -2.23. The number of hydrogen-bond acceptors (Lipinski definition) is 3. The largest absolute Gasteiger partial charge is 0.391 e. The molecule has 5 heteroatoms. The predicted octanol–water partition coefficient (Wildman–Crippen LogP) is 2.29. The van der Waals surface area contributed by atoms with Gasteiger partial charge in [-0.25, -0.2) is 0 Å². The summed E-state index contributed by atoms with van der Waals surface area (Å²) in [7, 11) is 0. The van der Waals surface area contributed by atoms with Gasteiger partial charge in [0.2, 0.25) is 11.8 Å². The van der Waals surface area contributed by atoms with E-state index in [0.29, 0.717) is 0 Å². The smallest absolute Gasteiger partial charge is 0.245 e. The number of rotatable bonds is 6. The molecule has 0 bridgehead atoms. The summed E-state index contributed by atoms with van der Waals surface area (Å²) in [5.74, 6) is -0.531. The molecule has 132 valence electrons. The van der Waals surface area contributed by atoms with Crippen LogP contribution in [0.2, 0.25) is 0 Å². The molecule has 2 amide bonds. The topological polar surface area (TPSA) is 78.4 Å². The van der Waals surface area contributed by atoms with Crippen molar-refractivity contribution in [1.29, 1.82) is 0 Å². The Balaban J connectivity index is 1.69. The van der Waals surface area contributed by atoms with Crippen LogP contribution in [0.5, 0.6) is 0 Å². The molecule has 3 unspecified atom stereocenters. The lowest BCUT2D eigenvalue weighted by molar-refractivity contribution is -0.132. The van der Waals surface area contributed by atoms with Crippen molar-refractivity contribution in [1.82, 2.24) is 10.6 Å². The van der Waals surface area contributed by atoms with Gasteiger partial charge in [0.25, 0.3) is 0 Å². The second-order valence-corrected chi connectivity index (χ2v) is 6.84. The van der Waals surface area contributed by atoms with Crippen LogP contribution >= 0.6 is 0 Å². The van der Waals surface area contributed by atoms with Gasteiger partial charge in [0.15, 0.2) is 0 Å². The lowest BCUT2D eigenvalue weighted by Crippen LogP contribution is -2.53. The molecule has 0 saturated heterocycles. The third-order valence-corrected chi connectivity index (χ3v) is 4.64. The van der Waals surface area contributed by atoms with Crippen molar-refractivity contribution in [2.45, 2.75) is 44.9 Å². The Morgan fingerprint density at radius 3 is 2.36 bits per heavy atom. The third kappa shape index (κ3) is 4.17. The first-order valence-corrected chi connectivity index (χ1v) is 8.73. The van der Waals surface area contributed by atoms with Gasteiger partial charge in [-0.05, 0) is 49.1 Å². The molecule has 1 fully saturated rings.